The molecule has 4 N–H and O–H groups in total. The zero-order valence-electron chi connectivity index (χ0n) is 14.0. The van der Waals surface area contributed by atoms with E-state index in [0.717, 1.165) is 0 Å². The summed E-state index contributed by atoms with van der Waals surface area (Å²) in [5.41, 5.74) is 13.1. The number of hydrogen-bond donors (Lipinski definition) is 2. The van der Waals surface area contributed by atoms with Gasteiger partial charge in [0.1, 0.15) is 5.82 Å². The number of nitrogens with two attached hydrogens (primary N) is 2. The third-order valence-electron chi connectivity index (χ3n) is 3.56. The van der Waals surface area contributed by atoms with Gasteiger partial charge in [0.15, 0.2) is 17.3 Å². The Kier molecular flexibility index (Phi) is 5.08. The summed E-state index contributed by atoms with van der Waals surface area (Å²) < 4.78 is 16.1. The van der Waals surface area contributed by atoms with E-state index in [9.17, 15) is 4.79 Å². The van der Waals surface area contributed by atoms with E-state index >= 15 is 0 Å². The largest absolute Gasteiger partial charge is 0.493 e. The van der Waals surface area contributed by atoms with E-state index in [1.54, 1.807) is 6.07 Å². The highest BCUT2D eigenvalue weighted by Gasteiger charge is 2.24. The lowest BCUT2D eigenvalue weighted by Crippen LogP contribution is -2.09. The first-order valence-electron chi connectivity index (χ1n) is 7.12. The molecular formula is C16H20N4O4. The molecule has 0 radical (unpaired) electrons. The Bertz CT molecular complexity index is 777. The Morgan fingerprint density at radius 1 is 1.08 bits per heavy atom. The molecule has 0 bridgehead atoms. The van der Waals surface area contributed by atoms with Gasteiger partial charge in [-0.15, -0.1) is 0 Å². The predicted octanol–water partition coefficient (Wildman–Crippen LogP) is 1.46. The van der Waals surface area contributed by atoms with Crippen molar-refractivity contribution in [1.29, 1.82) is 0 Å². The van der Waals surface area contributed by atoms with Gasteiger partial charge in [-0.2, -0.15) is 4.98 Å². The van der Waals surface area contributed by atoms with E-state index < -0.39 is 0 Å². The van der Waals surface area contributed by atoms with Crippen LogP contribution in [-0.4, -0.2) is 37.1 Å². The molecule has 0 atom stereocenters. The number of Topliss-reactive ketones (excluding diaryl/α,β-unsaturated/α-hetero) is 1. The molecular weight excluding hydrogens is 312 g/mol. The first-order valence-corrected chi connectivity index (χ1v) is 7.12. The van der Waals surface area contributed by atoms with Gasteiger partial charge >= 0.3 is 0 Å². The lowest BCUT2D eigenvalue weighted by Gasteiger charge is -2.18. The average Bonchev–Trinajstić information content (AvgIpc) is 2.55. The molecule has 0 aliphatic heterocycles. The SMILES string of the molecule is COc1cc(Cc2cnc(N)nc2N)c(C(C)=O)c(OC)c1OC. The zero-order valence-corrected chi connectivity index (χ0v) is 14.0. The van der Waals surface area contributed by atoms with E-state index in [0.29, 0.717) is 40.4 Å². The molecule has 8 nitrogen and oxygen atoms in total. The second kappa shape index (κ2) is 7.03. The first kappa shape index (κ1) is 17.3. The number of anilines is 2. The topological polar surface area (TPSA) is 123 Å². The Morgan fingerprint density at radius 3 is 2.25 bits per heavy atom. The van der Waals surface area contributed by atoms with Gasteiger partial charge in [-0.1, -0.05) is 0 Å². The monoisotopic (exact) mass is 332 g/mol. The molecule has 0 amide bonds. The minimum Gasteiger partial charge on any atom is -0.493 e. The van der Waals surface area contributed by atoms with Gasteiger partial charge in [-0.05, 0) is 18.6 Å². The lowest BCUT2D eigenvalue weighted by molar-refractivity contribution is 0.101. The number of hydrogen-bond acceptors (Lipinski definition) is 8. The van der Waals surface area contributed by atoms with Gasteiger partial charge in [0, 0.05) is 18.2 Å². The second-order valence-electron chi connectivity index (χ2n) is 5.05. The van der Waals surface area contributed by atoms with Crippen LogP contribution in [-0.2, 0) is 6.42 Å². The summed E-state index contributed by atoms with van der Waals surface area (Å²) >= 11 is 0. The smallest absolute Gasteiger partial charge is 0.221 e. The van der Waals surface area contributed by atoms with Crippen LogP contribution in [0, 0.1) is 0 Å². The van der Waals surface area contributed by atoms with Crippen molar-refractivity contribution in [2.24, 2.45) is 0 Å². The highest BCUT2D eigenvalue weighted by molar-refractivity contribution is 6.00. The molecule has 24 heavy (non-hydrogen) atoms. The summed E-state index contributed by atoms with van der Waals surface area (Å²) in [5.74, 6) is 1.30. The van der Waals surface area contributed by atoms with Crippen molar-refractivity contribution in [2.45, 2.75) is 13.3 Å². The molecule has 8 heteroatoms. The molecule has 0 fully saturated rings. The van der Waals surface area contributed by atoms with Crippen LogP contribution in [0.4, 0.5) is 11.8 Å². The summed E-state index contributed by atoms with van der Waals surface area (Å²) in [6, 6.07) is 1.72. The van der Waals surface area contributed by atoms with E-state index in [2.05, 4.69) is 9.97 Å². The normalized spacial score (nSPS) is 10.3. The minimum atomic E-state index is -0.169. The fraction of sp³-hybridized carbons (Fsp3) is 0.312. The molecule has 0 aliphatic rings. The summed E-state index contributed by atoms with van der Waals surface area (Å²) in [7, 11) is 4.46. The fourth-order valence-electron chi connectivity index (χ4n) is 2.51. The van der Waals surface area contributed by atoms with Gasteiger partial charge < -0.3 is 25.7 Å². The number of carbonyl (C=O) groups is 1. The maximum Gasteiger partial charge on any atom is 0.221 e. The van der Waals surface area contributed by atoms with Gasteiger partial charge in [-0.25, -0.2) is 4.98 Å². The first-order chi connectivity index (χ1) is 11.4. The van der Waals surface area contributed by atoms with Crippen molar-refractivity contribution >= 4 is 17.5 Å². The van der Waals surface area contributed by atoms with E-state index in [1.165, 1.54) is 34.4 Å². The third kappa shape index (κ3) is 3.17. The van der Waals surface area contributed by atoms with Crippen LogP contribution < -0.4 is 25.7 Å². The molecule has 0 aliphatic carbocycles. The molecule has 0 unspecified atom stereocenters. The van der Waals surface area contributed by atoms with E-state index in [-0.39, 0.29) is 17.5 Å². The average molecular weight is 332 g/mol. The molecule has 128 valence electrons. The maximum absolute atomic E-state index is 12.2. The molecule has 2 aromatic rings. The number of nitrogen functional groups attached to an aromatic ring is 2. The van der Waals surface area contributed by atoms with Gasteiger partial charge in [0.2, 0.25) is 11.7 Å². The fourth-order valence-corrected chi connectivity index (χ4v) is 2.51. The van der Waals surface area contributed by atoms with Crippen molar-refractivity contribution < 1.29 is 19.0 Å². The van der Waals surface area contributed by atoms with Gasteiger partial charge in [0.05, 0.1) is 26.9 Å². The van der Waals surface area contributed by atoms with Crippen LogP contribution in [0.15, 0.2) is 12.3 Å². The van der Waals surface area contributed by atoms with Gasteiger partial charge in [0.25, 0.3) is 0 Å². The number of carbonyl (C=O) groups excluding carboxylic acids is 1. The Morgan fingerprint density at radius 2 is 1.75 bits per heavy atom. The van der Waals surface area contributed by atoms with Crippen LogP contribution in [0.5, 0.6) is 17.2 Å². The predicted molar refractivity (Wildman–Crippen MR) is 89.8 cm³/mol. The number of nitrogens with zero attached hydrogens (tertiary/aromatic N) is 2. The van der Waals surface area contributed by atoms with Crippen molar-refractivity contribution in [2.75, 3.05) is 32.8 Å². The molecule has 2 rings (SSSR count). The zero-order chi connectivity index (χ0) is 17.9. The van der Waals surface area contributed by atoms with E-state index in [1.807, 2.05) is 0 Å². The number of ether oxygens (including phenoxy) is 3. The Balaban J connectivity index is 2.65. The van der Waals surface area contributed by atoms with E-state index in [4.69, 9.17) is 25.7 Å². The molecule has 0 saturated heterocycles. The van der Waals surface area contributed by atoms with Crippen LogP contribution >= 0.6 is 0 Å². The summed E-state index contributed by atoms with van der Waals surface area (Å²) in [6.45, 7) is 1.45. The molecule has 1 heterocycles. The quantitative estimate of drug-likeness (QED) is 0.762. The molecule has 0 spiro atoms. The highest BCUT2D eigenvalue weighted by atomic mass is 16.5. The summed E-state index contributed by atoms with van der Waals surface area (Å²) in [4.78, 5) is 20.1. The number of ketones is 1. The summed E-state index contributed by atoms with van der Waals surface area (Å²) in [5, 5.41) is 0. The number of aromatic nitrogens is 2. The second-order valence-corrected chi connectivity index (χ2v) is 5.05. The van der Waals surface area contributed by atoms with Crippen LogP contribution in [0.1, 0.15) is 28.4 Å². The van der Waals surface area contributed by atoms with Crippen molar-refractivity contribution in [1.82, 2.24) is 9.97 Å². The van der Waals surface area contributed by atoms with Crippen molar-refractivity contribution in [3.8, 4) is 17.2 Å². The van der Waals surface area contributed by atoms with Crippen molar-refractivity contribution in [3.05, 3.63) is 29.0 Å². The number of rotatable bonds is 6. The van der Waals surface area contributed by atoms with Crippen LogP contribution in [0.25, 0.3) is 0 Å². The number of methoxy groups -OCH3 is 3. The van der Waals surface area contributed by atoms with Crippen molar-refractivity contribution in [3.63, 3.8) is 0 Å². The summed E-state index contributed by atoms with van der Waals surface area (Å²) in [6.07, 6.45) is 1.85. The minimum absolute atomic E-state index is 0.0907. The molecule has 0 saturated carbocycles. The number of benzene rings is 1. The standard InChI is InChI=1S/C16H20N4O4/c1-8(21)12-9(5-10-7-19-16(18)20-15(10)17)6-11(22-2)13(23-3)14(12)24-4/h6-7H,5H2,1-4H3,(H4,17,18,19,20). The van der Waals surface area contributed by atoms with Crippen LogP contribution in [0.3, 0.4) is 0 Å². The third-order valence-corrected chi connectivity index (χ3v) is 3.56. The molecule has 1 aromatic carbocycles. The Labute approximate surface area is 139 Å². The lowest BCUT2D eigenvalue weighted by atomic mass is 9.96. The van der Waals surface area contributed by atoms with Crippen LogP contribution in [0.2, 0.25) is 0 Å². The maximum atomic E-state index is 12.2. The molecule has 1 aromatic heterocycles. The Hall–Kier alpha value is -3.03. The highest BCUT2D eigenvalue weighted by Crippen LogP contribution is 2.42. The van der Waals surface area contributed by atoms with Gasteiger partial charge in [-0.3, -0.25) is 4.79 Å².